The highest BCUT2D eigenvalue weighted by Crippen LogP contribution is 2.33. The highest BCUT2D eigenvalue weighted by atomic mass is 19.1. The van der Waals surface area contributed by atoms with Crippen LogP contribution in [0.1, 0.15) is 28.8 Å². The van der Waals surface area contributed by atoms with Gasteiger partial charge in [0.25, 0.3) is 5.91 Å². The number of hydrogen-bond acceptors (Lipinski definition) is 2. The molecule has 114 valence electrons. The summed E-state index contributed by atoms with van der Waals surface area (Å²) in [6.07, 6.45) is 0.911. The largest absolute Gasteiger partial charge is 0.385 e. The minimum atomic E-state index is -0.909. The molecule has 0 atom stereocenters. The van der Waals surface area contributed by atoms with Gasteiger partial charge in [-0.2, -0.15) is 0 Å². The zero-order valence-electron chi connectivity index (χ0n) is 12.2. The van der Waals surface area contributed by atoms with Crippen molar-refractivity contribution in [3.63, 3.8) is 0 Å². The highest BCUT2D eigenvalue weighted by Gasteiger charge is 2.35. The number of aliphatic hydroxyl groups is 1. The van der Waals surface area contributed by atoms with Crippen molar-refractivity contribution in [1.82, 2.24) is 4.90 Å². The van der Waals surface area contributed by atoms with E-state index in [1.807, 2.05) is 30.3 Å². The number of halogens is 1. The number of likely N-dealkylation sites (tertiary alicyclic amines) is 1. The third-order valence-electron chi connectivity index (χ3n) is 4.29. The van der Waals surface area contributed by atoms with Crippen molar-refractivity contribution in [2.75, 3.05) is 13.1 Å². The lowest BCUT2D eigenvalue weighted by atomic mass is 9.84. The van der Waals surface area contributed by atoms with E-state index >= 15 is 0 Å². The van der Waals surface area contributed by atoms with Crippen molar-refractivity contribution in [3.05, 3.63) is 71.5 Å². The molecule has 1 amide bonds. The lowest BCUT2D eigenvalue weighted by Crippen LogP contribution is -2.45. The first kappa shape index (κ1) is 14.7. The summed E-state index contributed by atoms with van der Waals surface area (Å²) in [6, 6.07) is 15.5. The second kappa shape index (κ2) is 5.89. The summed E-state index contributed by atoms with van der Waals surface area (Å²) in [7, 11) is 0. The molecule has 0 saturated carbocycles. The van der Waals surface area contributed by atoms with E-state index in [1.54, 1.807) is 17.0 Å². The van der Waals surface area contributed by atoms with E-state index in [0.29, 0.717) is 25.9 Å². The summed E-state index contributed by atoms with van der Waals surface area (Å²) in [5.74, 6) is -0.815. The van der Waals surface area contributed by atoms with Crippen LogP contribution in [0.5, 0.6) is 0 Å². The Morgan fingerprint density at radius 2 is 1.59 bits per heavy atom. The average molecular weight is 299 g/mol. The van der Waals surface area contributed by atoms with Gasteiger partial charge in [0.15, 0.2) is 0 Å². The fourth-order valence-corrected chi connectivity index (χ4v) is 2.92. The van der Waals surface area contributed by atoms with Crippen LogP contribution in [0, 0.1) is 5.82 Å². The van der Waals surface area contributed by atoms with Crippen LogP contribution in [0.4, 0.5) is 4.39 Å². The average Bonchev–Trinajstić information content (AvgIpc) is 2.56. The normalized spacial score (nSPS) is 17.3. The predicted molar refractivity (Wildman–Crippen MR) is 81.9 cm³/mol. The minimum Gasteiger partial charge on any atom is -0.385 e. The molecule has 3 nitrogen and oxygen atoms in total. The van der Waals surface area contributed by atoms with Crippen molar-refractivity contribution in [3.8, 4) is 0 Å². The number of amides is 1. The van der Waals surface area contributed by atoms with Gasteiger partial charge in [-0.1, -0.05) is 42.5 Å². The second-order valence-electron chi connectivity index (χ2n) is 5.67. The monoisotopic (exact) mass is 299 g/mol. The van der Waals surface area contributed by atoms with Crippen LogP contribution < -0.4 is 0 Å². The van der Waals surface area contributed by atoms with E-state index in [0.717, 1.165) is 5.56 Å². The second-order valence-corrected chi connectivity index (χ2v) is 5.67. The zero-order chi connectivity index (χ0) is 15.6. The van der Waals surface area contributed by atoms with Crippen LogP contribution >= 0.6 is 0 Å². The third-order valence-corrected chi connectivity index (χ3v) is 4.29. The van der Waals surface area contributed by atoms with Crippen LogP contribution in [0.15, 0.2) is 54.6 Å². The third kappa shape index (κ3) is 2.74. The van der Waals surface area contributed by atoms with Gasteiger partial charge in [0.1, 0.15) is 5.82 Å². The number of piperidine rings is 1. The molecule has 2 aromatic rings. The number of carbonyl (C=O) groups is 1. The lowest BCUT2D eigenvalue weighted by molar-refractivity contribution is -0.0212. The molecule has 0 unspecified atom stereocenters. The van der Waals surface area contributed by atoms with Crippen LogP contribution in [0.25, 0.3) is 0 Å². The molecule has 1 heterocycles. The van der Waals surface area contributed by atoms with Crippen LogP contribution in [-0.4, -0.2) is 29.0 Å². The van der Waals surface area contributed by atoms with Crippen molar-refractivity contribution >= 4 is 5.91 Å². The van der Waals surface area contributed by atoms with E-state index in [1.165, 1.54) is 12.1 Å². The van der Waals surface area contributed by atoms with Gasteiger partial charge in [-0.25, -0.2) is 4.39 Å². The Kier molecular flexibility index (Phi) is 3.94. The van der Waals surface area contributed by atoms with E-state index in [-0.39, 0.29) is 11.5 Å². The fraction of sp³-hybridized carbons (Fsp3) is 0.278. The maximum atomic E-state index is 13.7. The SMILES string of the molecule is O=C(c1ccccc1F)N1CCC(O)(c2ccccc2)CC1. The molecule has 1 fully saturated rings. The Hall–Kier alpha value is -2.20. The molecular weight excluding hydrogens is 281 g/mol. The van der Waals surface area contributed by atoms with E-state index in [2.05, 4.69) is 0 Å². The van der Waals surface area contributed by atoms with Crippen molar-refractivity contribution in [2.24, 2.45) is 0 Å². The topological polar surface area (TPSA) is 40.5 Å². The summed E-state index contributed by atoms with van der Waals surface area (Å²) < 4.78 is 13.7. The molecule has 1 N–H and O–H groups in total. The molecule has 0 bridgehead atoms. The summed E-state index contributed by atoms with van der Waals surface area (Å²) >= 11 is 0. The number of nitrogens with zero attached hydrogens (tertiary/aromatic N) is 1. The van der Waals surface area contributed by atoms with Gasteiger partial charge in [-0.3, -0.25) is 4.79 Å². The Morgan fingerprint density at radius 3 is 2.23 bits per heavy atom. The molecule has 22 heavy (non-hydrogen) atoms. The Bertz CT molecular complexity index is 664. The molecular formula is C18H18FNO2. The van der Waals surface area contributed by atoms with Gasteiger partial charge in [-0.15, -0.1) is 0 Å². The lowest BCUT2D eigenvalue weighted by Gasteiger charge is -2.38. The molecule has 0 spiro atoms. The fourth-order valence-electron chi connectivity index (χ4n) is 2.92. The first-order valence-corrected chi connectivity index (χ1v) is 7.42. The predicted octanol–water partition coefficient (Wildman–Crippen LogP) is 2.95. The van der Waals surface area contributed by atoms with Crippen LogP contribution in [0.2, 0.25) is 0 Å². The van der Waals surface area contributed by atoms with E-state index in [9.17, 15) is 14.3 Å². The van der Waals surface area contributed by atoms with Crippen molar-refractivity contribution in [1.29, 1.82) is 0 Å². The quantitative estimate of drug-likeness (QED) is 0.926. The Labute approximate surface area is 129 Å². The number of carbonyl (C=O) groups excluding carboxylic acids is 1. The van der Waals surface area contributed by atoms with Gasteiger partial charge in [0.2, 0.25) is 0 Å². The van der Waals surface area contributed by atoms with E-state index in [4.69, 9.17) is 0 Å². The zero-order valence-corrected chi connectivity index (χ0v) is 12.2. The maximum absolute atomic E-state index is 13.7. The molecule has 2 aromatic carbocycles. The number of rotatable bonds is 2. The van der Waals surface area contributed by atoms with Gasteiger partial charge in [0, 0.05) is 13.1 Å². The van der Waals surface area contributed by atoms with Crippen molar-refractivity contribution in [2.45, 2.75) is 18.4 Å². The highest BCUT2D eigenvalue weighted by molar-refractivity contribution is 5.94. The Balaban J connectivity index is 1.72. The summed E-state index contributed by atoms with van der Waals surface area (Å²) in [5.41, 5.74) is 0.0495. The molecule has 0 aliphatic carbocycles. The van der Waals surface area contributed by atoms with Crippen molar-refractivity contribution < 1.29 is 14.3 Å². The standard InChI is InChI=1S/C18H18FNO2/c19-16-9-5-4-8-15(16)17(21)20-12-10-18(22,11-13-20)14-6-2-1-3-7-14/h1-9,22H,10-13H2. The minimum absolute atomic E-state index is 0.0904. The smallest absolute Gasteiger partial charge is 0.256 e. The van der Waals surface area contributed by atoms with Gasteiger partial charge < -0.3 is 10.0 Å². The number of hydrogen-bond donors (Lipinski definition) is 1. The van der Waals surface area contributed by atoms with Gasteiger partial charge >= 0.3 is 0 Å². The Morgan fingerprint density at radius 1 is 1.00 bits per heavy atom. The molecule has 0 aromatic heterocycles. The summed E-state index contributed by atoms with van der Waals surface area (Å²) in [5, 5.41) is 10.8. The molecule has 0 radical (unpaired) electrons. The first-order valence-electron chi connectivity index (χ1n) is 7.42. The molecule has 4 heteroatoms. The summed E-state index contributed by atoms with van der Waals surface area (Å²) in [6.45, 7) is 0.830. The van der Waals surface area contributed by atoms with Crippen LogP contribution in [0.3, 0.4) is 0 Å². The number of benzene rings is 2. The molecule has 1 aliphatic heterocycles. The van der Waals surface area contributed by atoms with Crippen LogP contribution in [-0.2, 0) is 5.60 Å². The maximum Gasteiger partial charge on any atom is 0.256 e. The first-order chi connectivity index (χ1) is 10.6. The summed E-state index contributed by atoms with van der Waals surface area (Å²) in [4.78, 5) is 14.0. The van der Waals surface area contributed by atoms with E-state index < -0.39 is 11.4 Å². The molecule has 1 saturated heterocycles. The van der Waals surface area contributed by atoms with Gasteiger partial charge in [-0.05, 0) is 30.5 Å². The molecule has 1 aliphatic rings. The molecule has 3 rings (SSSR count). The van der Waals surface area contributed by atoms with Gasteiger partial charge in [0.05, 0.1) is 11.2 Å².